The van der Waals surface area contributed by atoms with Gasteiger partial charge in [-0.2, -0.15) is 0 Å². The van der Waals surface area contributed by atoms with Gasteiger partial charge in [-0.3, -0.25) is 0 Å². The molecule has 0 aromatic heterocycles. The topological polar surface area (TPSA) is 73.1 Å². The van der Waals surface area contributed by atoms with Crippen molar-refractivity contribution in [3.05, 3.63) is 58.9 Å². The molecule has 4 nitrogen and oxygen atoms in total. The van der Waals surface area contributed by atoms with E-state index in [1.54, 1.807) is 0 Å². The highest BCUT2D eigenvalue weighted by Gasteiger charge is 2.18. The molecule has 0 aliphatic carbocycles. The number of hydrogen-bond donors (Lipinski definition) is 3. The first kappa shape index (κ1) is 13.7. The van der Waals surface area contributed by atoms with Crippen molar-refractivity contribution in [1.29, 1.82) is 0 Å². The summed E-state index contributed by atoms with van der Waals surface area (Å²) in [6.45, 7) is 0. The molecule has 0 aliphatic rings. The van der Waals surface area contributed by atoms with E-state index in [1.165, 1.54) is 12.1 Å². The SMILES string of the molecule is O/N=C(\c1cc(F)c(F)c(F)c1)c1ccc(O)cc1O. The second-order valence-corrected chi connectivity index (χ2v) is 3.90. The van der Waals surface area contributed by atoms with Gasteiger partial charge in [0, 0.05) is 17.2 Å². The zero-order chi connectivity index (χ0) is 14.9. The van der Waals surface area contributed by atoms with Gasteiger partial charge in [-0.25, -0.2) is 13.2 Å². The Kier molecular flexibility index (Phi) is 3.51. The lowest BCUT2D eigenvalue weighted by atomic mass is 10.0. The molecule has 2 rings (SSSR count). The predicted octanol–water partition coefficient (Wildman–Crippen LogP) is 2.74. The van der Waals surface area contributed by atoms with E-state index in [2.05, 4.69) is 5.16 Å². The number of nitrogens with zero attached hydrogens (tertiary/aromatic N) is 1. The van der Waals surface area contributed by atoms with Crippen molar-refractivity contribution in [3.63, 3.8) is 0 Å². The molecule has 0 amide bonds. The first-order chi connectivity index (χ1) is 9.43. The van der Waals surface area contributed by atoms with Gasteiger partial charge in [0.05, 0.1) is 0 Å². The maximum atomic E-state index is 13.2. The number of halogens is 3. The molecule has 0 heterocycles. The number of phenols is 2. The Morgan fingerprint density at radius 1 is 0.950 bits per heavy atom. The van der Waals surface area contributed by atoms with Crippen LogP contribution in [0.4, 0.5) is 13.2 Å². The summed E-state index contributed by atoms with van der Waals surface area (Å²) in [5, 5.41) is 30.6. The fourth-order valence-electron chi connectivity index (χ4n) is 1.68. The monoisotopic (exact) mass is 283 g/mol. The van der Waals surface area contributed by atoms with Crippen LogP contribution >= 0.6 is 0 Å². The van der Waals surface area contributed by atoms with Gasteiger partial charge in [0.1, 0.15) is 17.2 Å². The van der Waals surface area contributed by atoms with E-state index in [4.69, 9.17) is 10.3 Å². The normalized spacial score (nSPS) is 11.7. The van der Waals surface area contributed by atoms with Crippen LogP contribution in [0.15, 0.2) is 35.5 Å². The Morgan fingerprint density at radius 2 is 1.55 bits per heavy atom. The van der Waals surface area contributed by atoms with Crippen LogP contribution in [0.3, 0.4) is 0 Å². The van der Waals surface area contributed by atoms with Gasteiger partial charge in [0.2, 0.25) is 0 Å². The Balaban J connectivity index is 2.59. The molecule has 0 aliphatic heterocycles. The average Bonchev–Trinajstić information content (AvgIpc) is 2.39. The zero-order valence-electron chi connectivity index (χ0n) is 9.81. The average molecular weight is 283 g/mol. The van der Waals surface area contributed by atoms with Crippen LogP contribution in [0.1, 0.15) is 11.1 Å². The van der Waals surface area contributed by atoms with Crippen molar-refractivity contribution in [2.75, 3.05) is 0 Å². The molecule has 0 radical (unpaired) electrons. The quantitative estimate of drug-likeness (QED) is 0.343. The molecule has 0 unspecified atom stereocenters. The van der Waals surface area contributed by atoms with Gasteiger partial charge in [0.25, 0.3) is 0 Å². The zero-order valence-corrected chi connectivity index (χ0v) is 9.81. The van der Waals surface area contributed by atoms with Gasteiger partial charge < -0.3 is 15.4 Å². The summed E-state index contributed by atoms with van der Waals surface area (Å²) in [5.74, 6) is -5.29. The molecule has 0 atom stereocenters. The standard InChI is InChI=1S/C13H8F3NO3/c14-9-3-6(4-10(15)12(9)16)13(17-20)8-2-1-7(18)5-11(8)19/h1-5,18-20H/b17-13+. The molecular formula is C13H8F3NO3. The number of hydrogen-bond acceptors (Lipinski definition) is 4. The summed E-state index contributed by atoms with van der Waals surface area (Å²) in [6.07, 6.45) is 0. The highest BCUT2D eigenvalue weighted by Crippen LogP contribution is 2.26. The number of phenolic OH excluding ortho intramolecular Hbond substituents is 2. The number of oxime groups is 1. The van der Waals surface area contributed by atoms with Gasteiger partial charge in [0.15, 0.2) is 17.5 Å². The fourth-order valence-corrected chi connectivity index (χ4v) is 1.68. The summed E-state index contributed by atoms with van der Waals surface area (Å²) in [6, 6.07) is 4.56. The molecule has 0 saturated carbocycles. The first-order valence-corrected chi connectivity index (χ1v) is 5.33. The van der Waals surface area contributed by atoms with E-state index in [-0.39, 0.29) is 22.6 Å². The highest BCUT2D eigenvalue weighted by atomic mass is 19.2. The van der Waals surface area contributed by atoms with Gasteiger partial charge >= 0.3 is 0 Å². The smallest absolute Gasteiger partial charge is 0.194 e. The van der Waals surface area contributed by atoms with Gasteiger partial charge in [-0.05, 0) is 24.3 Å². The molecular weight excluding hydrogens is 275 g/mol. The van der Waals surface area contributed by atoms with E-state index in [0.29, 0.717) is 12.1 Å². The van der Waals surface area contributed by atoms with Crippen LogP contribution < -0.4 is 0 Å². The minimum atomic E-state index is -1.65. The van der Waals surface area contributed by atoms with Crippen LogP contribution in [0.2, 0.25) is 0 Å². The number of aromatic hydroxyl groups is 2. The minimum Gasteiger partial charge on any atom is -0.508 e. The Hall–Kier alpha value is -2.70. The summed E-state index contributed by atoms with van der Waals surface area (Å²) < 4.78 is 39.2. The largest absolute Gasteiger partial charge is 0.508 e. The van der Waals surface area contributed by atoms with Crippen molar-refractivity contribution in [1.82, 2.24) is 0 Å². The summed E-state index contributed by atoms with van der Waals surface area (Å²) in [7, 11) is 0. The lowest BCUT2D eigenvalue weighted by molar-refractivity contribution is 0.319. The summed E-state index contributed by atoms with van der Waals surface area (Å²) in [5.41, 5.74) is -0.735. The van der Waals surface area contributed by atoms with Crippen LogP contribution in [0.25, 0.3) is 0 Å². The van der Waals surface area contributed by atoms with Crippen molar-refractivity contribution in [2.24, 2.45) is 5.16 Å². The second kappa shape index (κ2) is 5.12. The highest BCUT2D eigenvalue weighted by molar-refractivity contribution is 6.14. The van der Waals surface area contributed by atoms with E-state index in [1.807, 2.05) is 0 Å². The lowest BCUT2D eigenvalue weighted by Crippen LogP contribution is -2.06. The molecule has 0 saturated heterocycles. The van der Waals surface area contributed by atoms with Crippen LogP contribution in [0, 0.1) is 17.5 Å². The van der Waals surface area contributed by atoms with Crippen LogP contribution in [-0.2, 0) is 0 Å². The maximum Gasteiger partial charge on any atom is 0.194 e. The molecule has 2 aromatic rings. The van der Waals surface area contributed by atoms with E-state index in [9.17, 15) is 18.3 Å². The lowest BCUT2D eigenvalue weighted by Gasteiger charge is -2.08. The Labute approximate surface area is 111 Å². The number of benzene rings is 2. The number of rotatable bonds is 2. The van der Waals surface area contributed by atoms with Crippen molar-refractivity contribution in [3.8, 4) is 11.5 Å². The van der Waals surface area contributed by atoms with Crippen molar-refractivity contribution < 1.29 is 28.6 Å². The van der Waals surface area contributed by atoms with E-state index in [0.717, 1.165) is 6.07 Å². The Morgan fingerprint density at radius 3 is 2.05 bits per heavy atom. The third-order valence-electron chi connectivity index (χ3n) is 2.59. The van der Waals surface area contributed by atoms with Crippen molar-refractivity contribution >= 4 is 5.71 Å². The first-order valence-electron chi connectivity index (χ1n) is 5.33. The molecule has 104 valence electrons. The van der Waals surface area contributed by atoms with Gasteiger partial charge in [-0.15, -0.1) is 0 Å². The maximum absolute atomic E-state index is 13.2. The van der Waals surface area contributed by atoms with Gasteiger partial charge in [-0.1, -0.05) is 5.16 Å². The predicted molar refractivity (Wildman–Crippen MR) is 63.5 cm³/mol. The fraction of sp³-hybridized carbons (Fsp3) is 0. The van der Waals surface area contributed by atoms with Crippen LogP contribution in [0.5, 0.6) is 11.5 Å². The van der Waals surface area contributed by atoms with E-state index < -0.39 is 23.2 Å². The molecule has 0 bridgehead atoms. The molecule has 2 aromatic carbocycles. The molecule has 3 N–H and O–H groups in total. The van der Waals surface area contributed by atoms with Crippen LogP contribution in [-0.4, -0.2) is 21.1 Å². The molecule has 7 heteroatoms. The molecule has 0 spiro atoms. The summed E-state index contributed by atoms with van der Waals surface area (Å²) >= 11 is 0. The second-order valence-electron chi connectivity index (χ2n) is 3.90. The minimum absolute atomic E-state index is 0.0873. The third-order valence-corrected chi connectivity index (χ3v) is 2.59. The van der Waals surface area contributed by atoms with Crippen molar-refractivity contribution in [2.45, 2.75) is 0 Å². The molecule has 0 fully saturated rings. The third kappa shape index (κ3) is 2.37. The van der Waals surface area contributed by atoms with E-state index >= 15 is 0 Å². The summed E-state index contributed by atoms with van der Waals surface area (Å²) in [4.78, 5) is 0. The Bertz CT molecular complexity index is 678. The molecule has 20 heavy (non-hydrogen) atoms.